The highest BCUT2D eigenvalue weighted by molar-refractivity contribution is 5.29. The molecule has 3 aromatic rings. The van der Waals surface area contributed by atoms with E-state index in [0.29, 0.717) is 12.1 Å². The molecule has 5 nitrogen and oxygen atoms in total. The lowest BCUT2D eigenvalue weighted by molar-refractivity contribution is 0.0772. The van der Waals surface area contributed by atoms with Gasteiger partial charge in [0.1, 0.15) is 0 Å². The van der Waals surface area contributed by atoms with E-state index in [1.54, 1.807) is 6.33 Å². The highest BCUT2D eigenvalue weighted by Crippen LogP contribution is 2.42. The number of likely N-dealkylation sites (tertiary alicyclic amines) is 1. The van der Waals surface area contributed by atoms with Gasteiger partial charge < -0.3 is 4.98 Å². The molecule has 0 aliphatic carbocycles. The molecule has 1 aliphatic heterocycles. The van der Waals surface area contributed by atoms with E-state index in [-0.39, 0.29) is 0 Å². The van der Waals surface area contributed by atoms with Crippen LogP contribution >= 0.6 is 0 Å². The molecular weight excluding hydrogens is 358 g/mol. The van der Waals surface area contributed by atoms with Crippen molar-refractivity contribution in [2.24, 2.45) is 0 Å². The third-order valence-electron chi connectivity index (χ3n) is 6.09. The predicted molar refractivity (Wildman–Crippen MR) is 116 cm³/mol. The molecule has 0 saturated carbocycles. The summed E-state index contributed by atoms with van der Waals surface area (Å²) in [5.74, 6) is 0. The van der Waals surface area contributed by atoms with Gasteiger partial charge in [-0.15, -0.1) is 0 Å². The van der Waals surface area contributed by atoms with Crippen LogP contribution in [0.3, 0.4) is 0 Å². The van der Waals surface area contributed by atoms with Gasteiger partial charge in [0, 0.05) is 37.3 Å². The molecule has 1 N–H and O–H groups in total. The number of imidazole rings is 1. The molecule has 4 rings (SSSR count). The summed E-state index contributed by atoms with van der Waals surface area (Å²) in [6.07, 6.45) is 12.1. The van der Waals surface area contributed by atoms with Crippen molar-refractivity contribution in [1.29, 1.82) is 0 Å². The van der Waals surface area contributed by atoms with Crippen LogP contribution in [0, 0.1) is 27.7 Å². The minimum absolute atomic E-state index is 0.319. The van der Waals surface area contributed by atoms with Gasteiger partial charge in [-0.1, -0.05) is 12.1 Å². The van der Waals surface area contributed by atoms with Gasteiger partial charge in [0.15, 0.2) is 0 Å². The van der Waals surface area contributed by atoms with Gasteiger partial charge in [0.25, 0.3) is 0 Å². The van der Waals surface area contributed by atoms with Crippen LogP contribution in [0.15, 0.2) is 37.1 Å². The Morgan fingerprint density at radius 2 is 1.48 bits per heavy atom. The molecule has 0 unspecified atom stereocenters. The van der Waals surface area contributed by atoms with Crippen molar-refractivity contribution in [2.75, 3.05) is 6.54 Å². The predicted octanol–water partition coefficient (Wildman–Crippen LogP) is 4.94. The molecule has 1 fully saturated rings. The number of aromatic nitrogens is 4. The van der Waals surface area contributed by atoms with Crippen LogP contribution < -0.4 is 0 Å². The average molecular weight is 390 g/mol. The molecule has 2 atom stereocenters. The number of pyridine rings is 2. The van der Waals surface area contributed by atoms with E-state index in [0.717, 1.165) is 25.8 Å². The highest BCUT2D eigenvalue weighted by atomic mass is 15.2. The summed E-state index contributed by atoms with van der Waals surface area (Å²) in [7, 11) is 0. The standard InChI is InChI=1S/C24H31N5/c1-16-10-18(3)23(26-12-16)21-6-5-7-22(24-19(4)11-17(2)13-27-24)29(21)9-8-20-14-25-15-28-20/h10-15,21-22H,5-9H2,1-4H3,(H,25,28)/t21-,22+. The van der Waals surface area contributed by atoms with E-state index in [2.05, 4.69) is 54.7 Å². The van der Waals surface area contributed by atoms with Crippen LogP contribution in [0.5, 0.6) is 0 Å². The number of piperidine rings is 1. The van der Waals surface area contributed by atoms with Gasteiger partial charge in [-0.2, -0.15) is 0 Å². The molecule has 0 bridgehead atoms. The molecule has 5 heteroatoms. The van der Waals surface area contributed by atoms with Gasteiger partial charge in [-0.25, -0.2) is 4.98 Å². The van der Waals surface area contributed by atoms with Gasteiger partial charge in [-0.3, -0.25) is 14.9 Å². The lowest BCUT2D eigenvalue weighted by Crippen LogP contribution is -2.39. The van der Waals surface area contributed by atoms with E-state index in [1.807, 2.05) is 18.6 Å². The Bertz CT molecular complexity index is 904. The van der Waals surface area contributed by atoms with Gasteiger partial charge >= 0.3 is 0 Å². The first-order valence-electron chi connectivity index (χ1n) is 10.6. The second kappa shape index (κ2) is 8.46. The zero-order chi connectivity index (χ0) is 20.4. The summed E-state index contributed by atoms with van der Waals surface area (Å²) < 4.78 is 0. The lowest BCUT2D eigenvalue weighted by Gasteiger charge is -2.42. The van der Waals surface area contributed by atoms with Crippen molar-refractivity contribution >= 4 is 0 Å². The Morgan fingerprint density at radius 3 is 1.97 bits per heavy atom. The number of hydrogen-bond donors (Lipinski definition) is 1. The number of nitrogens with one attached hydrogen (secondary N) is 1. The molecule has 0 aromatic carbocycles. The molecule has 0 radical (unpaired) electrons. The molecule has 1 saturated heterocycles. The van der Waals surface area contributed by atoms with Crippen molar-refractivity contribution in [3.8, 4) is 0 Å². The molecule has 1 aliphatic rings. The van der Waals surface area contributed by atoms with Crippen molar-refractivity contribution in [1.82, 2.24) is 24.8 Å². The third kappa shape index (κ3) is 4.25. The number of H-pyrrole nitrogens is 1. The van der Waals surface area contributed by atoms with E-state index in [4.69, 9.17) is 9.97 Å². The Morgan fingerprint density at radius 1 is 0.897 bits per heavy atom. The second-order valence-electron chi connectivity index (χ2n) is 8.46. The Kier molecular flexibility index (Phi) is 5.76. The molecule has 152 valence electrons. The fourth-order valence-corrected chi connectivity index (χ4v) is 4.77. The van der Waals surface area contributed by atoms with E-state index >= 15 is 0 Å². The zero-order valence-electron chi connectivity index (χ0n) is 17.9. The summed E-state index contributed by atoms with van der Waals surface area (Å²) in [6.45, 7) is 9.58. The van der Waals surface area contributed by atoms with Crippen LogP contribution in [0.2, 0.25) is 0 Å². The van der Waals surface area contributed by atoms with Crippen LogP contribution in [-0.2, 0) is 6.42 Å². The van der Waals surface area contributed by atoms with E-state index in [1.165, 1.54) is 45.8 Å². The van der Waals surface area contributed by atoms with Crippen LogP contribution in [-0.4, -0.2) is 31.4 Å². The maximum atomic E-state index is 4.88. The lowest BCUT2D eigenvalue weighted by atomic mass is 9.88. The largest absolute Gasteiger partial charge is 0.348 e. The van der Waals surface area contributed by atoms with Crippen molar-refractivity contribution < 1.29 is 0 Å². The average Bonchev–Trinajstić information content (AvgIpc) is 3.20. The fraction of sp³-hybridized carbons (Fsp3) is 0.458. The van der Waals surface area contributed by atoms with Crippen molar-refractivity contribution in [2.45, 2.75) is 65.5 Å². The Hall–Kier alpha value is -2.53. The maximum Gasteiger partial charge on any atom is 0.0921 e. The van der Waals surface area contributed by atoms with E-state index in [9.17, 15) is 0 Å². The van der Waals surface area contributed by atoms with Crippen LogP contribution in [0.1, 0.15) is 70.7 Å². The summed E-state index contributed by atoms with van der Waals surface area (Å²) >= 11 is 0. The summed E-state index contributed by atoms with van der Waals surface area (Å²) in [4.78, 5) is 19.8. The zero-order valence-corrected chi connectivity index (χ0v) is 17.9. The third-order valence-corrected chi connectivity index (χ3v) is 6.09. The monoisotopic (exact) mass is 389 g/mol. The molecule has 29 heavy (non-hydrogen) atoms. The smallest absolute Gasteiger partial charge is 0.0921 e. The first kappa shape index (κ1) is 19.8. The molecule has 0 amide bonds. The topological polar surface area (TPSA) is 57.7 Å². The van der Waals surface area contributed by atoms with Crippen molar-refractivity contribution in [3.05, 3.63) is 76.4 Å². The Labute approximate surface area is 173 Å². The summed E-state index contributed by atoms with van der Waals surface area (Å²) in [5, 5.41) is 0. The van der Waals surface area contributed by atoms with E-state index < -0.39 is 0 Å². The SMILES string of the molecule is Cc1cnc([C@H]2CCC[C@@H](c3ncc(C)cc3C)N2CCc2cnc[nH]2)c(C)c1. The number of rotatable bonds is 5. The second-order valence-corrected chi connectivity index (χ2v) is 8.46. The van der Waals surface area contributed by atoms with Crippen LogP contribution in [0.25, 0.3) is 0 Å². The summed E-state index contributed by atoms with van der Waals surface area (Å²) in [6, 6.07) is 5.16. The molecule has 3 aromatic heterocycles. The Balaban J connectivity index is 1.70. The fourth-order valence-electron chi connectivity index (χ4n) is 4.77. The molecule has 4 heterocycles. The van der Waals surface area contributed by atoms with Gasteiger partial charge in [-0.05, 0) is 69.2 Å². The number of aryl methyl sites for hydroxylation is 4. The summed E-state index contributed by atoms with van der Waals surface area (Å²) in [5.41, 5.74) is 8.63. The van der Waals surface area contributed by atoms with Gasteiger partial charge in [0.2, 0.25) is 0 Å². The van der Waals surface area contributed by atoms with Crippen molar-refractivity contribution in [3.63, 3.8) is 0 Å². The molecule has 0 spiro atoms. The molecular formula is C24H31N5. The maximum absolute atomic E-state index is 4.88. The first-order valence-corrected chi connectivity index (χ1v) is 10.6. The number of hydrogen-bond acceptors (Lipinski definition) is 4. The minimum atomic E-state index is 0.319. The van der Waals surface area contributed by atoms with Crippen LogP contribution in [0.4, 0.5) is 0 Å². The minimum Gasteiger partial charge on any atom is -0.348 e. The first-order chi connectivity index (χ1) is 14.0. The highest BCUT2D eigenvalue weighted by Gasteiger charge is 2.35. The number of aromatic amines is 1. The quantitative estimate of drug-likeness (QED) is 0.671. The van der Waals surface area contributed by atoms with Gasteiger partial charge in [0.05, 0.1) is 29.8 Å². The number of nitrogens with zero attached hydrogens (tertiary/aromatic N) is 4. The normalized spacial score (nSPS) is 20.1.